The first-order valence-electron chi connectivity index (χ1n) is 6.46. The van der Waals surface area contributed by atoms with E-state index in [0.29, 0.717) is 0 Å². The van der Waals surface area contributed by atoms with E-state index < -0.39 is 36.4 Å². The summed E-state index contributed by atoms with van der Waals surface area (Å²) in [4.78, 5) is 10.6. The van der Waals surface area contributed by atoms with E-state index in [1.165, 1.54) is 27.7 Å². The molecule has 1 aromatic carbocycles. The summed E-state index contributed by atoms with van der Waals surface area (Å²) < 4.78 is 51.3. The molecule has 0 atom stereocenters. The highest BCUT2D eigenvalue weighted by atomic mass is 35.5. The van der Waals surface area contributed by atoms with Gasteiger partial charge in [-0.25, -0.2) is 13.2 Å². The van der Waals surface area contributed by atoms with Gasteiger partial charge in [0.15, 0.2) is 9.84 Å². The number of hydrogen-bond donors (Lipinski definition) is 1. The van der Waals surface area contributed by atoms with Gasteiger partial charge in [-0.1, -0.05) is 6.92 Å². The Hall–Kier alpha value is -1.21. The molecule has 1 rings (SSSR count). The monoisotopic (exact) mass is 354 g/mol. The van der Waals surface area contributed by atoms with Crippen molar-refractivity contribution in [2.45, 2.75) is 49.1 Å². The number of carboxylic acid groups (broad SMARTS) is 1. The molecule has 0 unspecified atom stereocenters. The molecule has 8 heteroatoms. The Morgan fingerprint density at radius 2 is 1.77 bits per heavy atom. The number of carboxylic acids is 1. The molecule has 0 aromatic heterocycles. The first-order chi connectivity index (χ1) is 9.75. The van der Waals surface area contributed by atoms with Crippen molar-refractivity contribution in [3.63, 3.8) is 0 Å². The van der Waals surface area contributed by atoms with Crippen LogP contribution in [-0.4, -0.2) is 24.2 Å². The minimum absolute atomic E-state index is 0.0346. The largest absolute Gasteiger partial charge is 0.478 e. The van der Waals surface area contributed by atoms with Gasteiger partial charge in [-0.2, -0.15) is 8.78 Å². The molecule has 124 valence electrons. The number of sulfone groups is 1. The summed E-state index contributed by atoms with van der Waals surface area (Å²) in [5.74, 6) is -1.38. The number of rotatable bonds is 4. The maximum absolute atomic E-state index is 13.6. The third-order valence-electron chi connectivity index (χ3n) is 3.22. The lowest BCUT2D eigenvalue weighted by atomic mass is 10.0. The van der Waals surface area contributed by atoms with Crippen LogP contribution in [0.25, 0.3) is 0 Å². The molecule has 1 aromatic rings. The van der Waals surface area contributed by atoms with Crippen LogP contribution in [0.4, 0.5) is 8.78 Å². The lowest BCUT2D eigenvalue weighted by Crippen LogP contribution is -2.31. The Morgan fingerprint density at radius 1 is 1.27 bits per heavy atom. The van der Waals surface area contributed by atoms with E-state index in [1.807, 2.05) is 0 Å². The number of aromatic carboxylic acids is 1. The molecule has 0 amide bonds. The molecular formula is C14H17ClF2O4S. The zero-order chi connectivity index (χ0) is 17.5. The molecule has 0 aliphatic rings. The quantitative estimate of drug-likeness (QED) is 0.834. The second-order valence-corrected chi connectivity index (χ2v) is 8.86. The van der Waals surface area contributed by atoms with E-state index in [4.69, 9.17) is 16.7 Å². The van der Waals surface area contributed by atoms with Gasteiger partial charge in [0.25, 0.3) is 0 Å². The van der Waals surface area contributed by atoms with Gasteiger partial charge in [-0.3, -0.25) is 0 Å². The molecule has 0 fully saturated rings. The second-order valence-electron chi connectivity index (χ2n) is 5.74. The van der Waals surface area contributed by atoms with Crippen LogP contribution in [0.1, 0.15) is 49.2 Å². The van der Waals surface area contributed by atoms with Crippen LogP contribution < -0.4 is 0 Å². The Balaban J connectivity index is 4.01. The molecule has 0 bridgehead atoms. The Kier molecular flexibility index (Phi) is 4.94. The first kappa shape index (κ1) is 18.8. The normalized spacial score (nSPS) is 13.2. The van der Waals surface area contributed by atoms with Gasteiger partial charge in [0.05, 0.1) is 20.8 Å². The molecular weight excluding hydrogens is 338 g/mol. The van der Waals surface area contributed by atoms with Gasteiger partial charge < -0.3 is 5.11 Å². The van der Waals surface area contributed by atoms with E-state index in [9.17, 15) is 22.0 Å². The predicted octanol–water partition coefficient (Wildman–Crippen LogP) is 3.81. The minimum Gasteiger partial charge on any atom is -0.478 e. The lowest BCUT2D eigenvalue weighted by Gasteiger charge is -2.25. The first-order valence-corrected chi connectivity index (χ1v) is 8.32. The Labute approximate surface area is 133 Å². The third-order valence-corrected chi connectivity index (χ3v) is 6.04. The molecule has 22 heavy (non-hydrogen) atoms. The maximum Gasteiger partial charge on any atom is 0.349 e. The Morgan fingerprint density at radius 3 is 2.09 bits per heavy atom. The number of alkyl halides is 3. The van der Waals surface area contributed by atoms with Crippen LogP contribution in [0.5, 0.6) is 0 Å². The van der Waals surface area contributed by atoms with Crippen LogP contribution in [0.2, 0.25) is 0 Å². The van der Waals surface area contributed by atoms with Crippen molar-refractivity contribution in [2.24, 2.45) is 0 Å². The molecule has 0 aliphatic carbocycles. The molecule has 0 saturated carbocycles. The minimum atomic E-state index is -4.22. The molecule has 0 spiro atoms. The summed E-state index contributed by atoms with van der Waals surface area (Å²) >= 11 is 5.04. The van der Waals surface area contributed by atoms with Crippen LogP contribution in [0.15, 0.2) is 17.0 Å². The van der Waals surface area contributed by atoms with Crippen molar-refractivity contribution in [1.82, 2.24) is 0 Å². The zero-order valence-electron chi connectivity index (χ0n) is 12.6. The van der Waals surface area contributed by atoms with Crippen molar-refractivity contribution in [2.75, 3.05) is 0 Å². The van der Waals surface area contributed by atoms with Crippen LogP contribution in [-0.2, 0) is 21.6 Å². The van der Waals surface area contributed by atoms with Crippen molar-refractivity contribution < 1.29 is 27.1 Å². The average molecular weight is 355 g/mol. The van der Waals surface area contributed by atoms with Crippen molar-refractivity contribution in [3.8, 4) is 0 Å². The summed E-state index contributed by atoms with van der Waals surface area (Å²) in [5.41, 5.74) is -1.39. The smallest absolute Gasteiger partial charge is 0.349 e. The summed E-state index contributed by atoms with van der Waals surface area (Å²) in [6.07, 6.45) is -0.0346. The van der Waals surface area contributed by atoms with Crippen molar-refractivity contribution in [3.05, 3.63) is 28.8 Å². The van der Waals surface area contributed by atoms with E-state index in [2.05, 4.69) is 0 Å². The van der Waals surface area contributed by atoms with E-state index in [0.717, 1.165) is 12.1 Å². The van der Waals surface area contributed by atoms with Crippen LogP contribution in [0, 0.1) is 0 Å². The van der Waals surface area contributed by atoms with Gasteiger partial charge in [0, 0.05) is 0 Å². The number of halogens is 3. The molecule has 0 aliphatic heterocycles. The lowest BCUT2D eigenvalue weighted by molar-refractivity contribution is 0.0692. The highest BCUT2D eigenvalue weighted by molar-refractivity contribution is 7.92. The molecule has 0 heterocycles. The highest BCUT2D eigenvalue weighted by Gasteiger charge is 2.42. The summed E-state index contributed by atoms with van der Waals surface area (Å²) in [7, 11) is -4.22. The second kappa shape index (κ2) is 5.77. The fourth-order valence-corrected chi connectivity index (χ4v) is 3.91. The maximum atomic E-state index is 13.6. The van der Waals surface area contributed by atoms with E-state index in [1.54, 1.807) is 0 Å². The highest BCUT2D eigenvalue weighted by Crippen LogP contribution is 2.42. The number of benzene rings is 1. The van der Waals surface area contributed by atoms with Gasteiger partial charge in [0.2, 0.25) is 0 Å². The van der Waals surface area contributed by atoms with E-state index in [-0.39, 0.29) is 17.5 Å². The standard InChI is InChI=1S/C14H17ClF2O4S/c1-5-8-9(12(18)19)6-7-10(14(15,16)17)11(8)22(20,21)13(2,3)4/h6-7H,5H2,1-4H3,(H,18,19). The van der Waals surface area contributed by atoms with Crippen molar-refractivity contribution >= 4 is 27.4 Å². The molecule has 0 radical (unpaired) electrons. The fraction of sp³-hybridized carbons (Fsp3) is 0.500. The fourth-order valence-electron chi connectivity index (χ4n) is 2.02. The van der Waals surface area contributed by atoms with Gasteiger partial charge >= 0.3 is 11.4 Å². The van der Waals surface area contributed by atoms with Gasteiger partial charge in [-0.05, 0) is 56.5 Å². The predicted molar refractivity (Wildman–Crippen MR) is 79.5 cm³/mol. The summed E-state index contributed by atoms with van der Waals surface area (Å²) in [6.45, 7) is 5.56. The summed E-state index contributed by atoms with van der Waals surface area (Å²) in [6, 6.07) is 1.71. The van der Waals surface area contributed by atoms with Gasteiger partial charge in [-0.15, -0.1) is 0 Å². The SMILES string of the molecule is CCc1c(C(=O)O)ccc(C(F)(F)Cl)c1S(=O)(=O)C(C)(C)C. The molecule has 4 nitrogen and oxygen atoms in total. The molecule has 0 saturated heterocycles. The zero-order valence-corrected chi connectivity index (χ0v) is 14.1. The van der Waals surface area contributed by atoms with Crippen LogP contribution in [0.3, 0.4) is 0 Å². The topological polar surface area (TPSA) is 71.4 Å². The van der Waals surface area contributed by atoms with Crippen LogP contribution >= 0.6 is 11.6 Å². The number of hydrogen-bond acceptors (Lipinski definition) is 3. The van der Waals surface area contributed by atoms with E-state index >= 15 is 0 Å². The summed E-state index contributed by atoms with van der Waals surface area (Å²) in [5, 5.41) is 5.25. The third kappa shape index (κ3) is 3.25. The average Bonchev–Trinajstić information content (AvgIpc) is 2.34. The Bertz CT molecular complexity index is 701. The van der Waals surface area contributed by atoms with Gasteiger partial charge in [0.1, 0.15) is 0 Å². The molecule has 1 N–H and O–H groups in total. The van der Waals surface area contributed by atoms with Crippen molar-refractivity contribution in [1.29, 1.82) is 0 Å². The number of carbonyl (C=O) groups is 1.